The van der Waals surface area contributed by atoms with Crippen LogP contribution < -0.4 is 103 Å². The summed E-state index contributed by atoms with van der Waals surface area (Å²) in [6.07, 6.45) is 16.0. The van der Waals surface area contributed by atoms with Crippen molar-refractivity contribution < 1.29 is 103 Å². The van der Waals surface area contributed by atoms with Crippen LogP contribution in [0.5, 0.6) is 0 Å². The van der Waals surface area contributed by atoms with Crippen molar-refractivity contribution >= 4 is 150 Å². The molecule has 0 spiro atoms. The third kappa shape index (κ3) is 83.5. The minimum absolute atomic E-state index is 0. The van der Waals surface area contributed by atoms with Crippen molar-refractivity contribution in [1.82, 2.24) is 0 Å². The van der Waals surface area contributed by atoms with Gasteiger partial charge in [0, 0.05) is 0 Å². The second kappa shape index (κ2) is 85.8. The molecule has 0 aromatic rings. The Bertz CT molecular complexity index is 1250. The molecule has 0 amide bonds. The van der Waals surface area contributed by atoms with E-state index in [2.05, 4.69) is 303 Å². The fraction of sp³-hybridized carbons (Fsp3) is 0.955. The molecule has 0 aliphatic heterocycles. The van der Waals surface area contributed by atoms with Crippen LogP contribution >= 0.6 is 40.2 Å². The van der Waals surface area contributed by atoms with E-state index in [9.17, 15) is 0 Å². The van der Waals surface area contributed by atoms with Gasteiger partial charge in [0.15, 0.2) is 0 Å². The van der Waals surface area contributed by atoms with E-state index in [1.54, 1.807) is 0 Å². The van der Waals surface area contributed by atoms with Crippen LogP contribution in [0, 0.1) is 157 Å². The molecule has 0 aromatic heterocycles. The topological polar surface area (TPSA) is 0 Å². The summed E-state index contributed by atoms with van der Waals surface area (Å²) in [6.45, 7) is 75.2. The standard InChI is InChI=1S/4C10H20.C5H10.C5H8.4C4H9.4C2H5.14CH3.8Al.4ClH.2K/c4*1-6-7(2)9(4)10(5)8(6)3;2*1-2-4-5-3-1;4*1-4(2)3;4*1-2;;;;;;;;;;;;;;;;;;;;;;;;;;;;/h4*6-10H,1-5H3;1-5H2;1-2H,3-5H2;4*4H,1H2,2-3H3;4*1H2,2H3;14*1H3;;;;;;;;;4*1H;;/q;;;;;;;;;;;;;;;;;;;;;;;;;;2*-1;;;;;4*+1;;;;;2*+1/p-4. The van der Waals surface area contributed by atoms with E-state index in [1.165, 1.54) is 93.6 Å². The van der Waals surface area contributed by atoms with Crippen molar-refractivity contribution in [3.8, 4) is 0 Å². The third-order valence-corrected chi connectivity index (χ3v) is 38.1. The Morgan fingerprint density at radius 1 is 0.255 bits per heavy atom. The van der Waals surface area contributed by atoms with Gasteiger partial charge in [-0.1, -0.05) is 355 Å². The second-order valence-electron chi connectivity index (χ2n) is 37.4. The predicted octanol–water partition coefficient (Wildman–Crippen LogP) is 28.4. The Hall–Kier alpha value is 8.43. The number of rotatable bonds is 12. The number of allylic oxidation sites excluding steroid dienone is 2. The maximum atomic E-state index is 6.21. The van der Waals surface area contributed by atoms with Crippen LogP contribution in [0.25, 0.3) is 0 Å². The first-order chi connectivity index (χ1) is 44.8. The quantitative estimate of drug-likeness (QED) is 0.104. The normalized spacial score (nSPS) is 28.2. The van der Waals surface area contributed by atoms with E-state index >= 15 is 0 Å². The van der Waals surface area contributed by atoms with Crippen LogP contribution in [0.2, 0.25) is 112 Å². The number of hydrogen-bond donors (Lipinski definition) is 0. The van der Waals surface area contributed by atoms with E-state index < -0.39 is 52.9 Å². The Morgan fingerprint density at radius 3 is 0.461 bits per heavy atom. The molecule has 0 nitrogen and oxygen atoms in total. The maximum Gasteiger partial charge on any atom is 1.00 e. The molecule has 0 atom stereocenters. The molecule has 0 radical (unpaired) electrons. The smallest absolute Gasteiger partial charge is 0.358 e. The van der Waals surface area contributed by atoms with E-state index in [1.807, 2.05) is 0 Å². The minimum Gasteiger partial charge on any atom is -0.358 e. The summed E-state index contributed by atoms with van der Waals surface area (Å²) >= 11 is -3.62. The molecule has 102 heavy (non-hydrogen) atoms. The summed E-state index contributed by atoms with van der Waals surface area (Å²) in [5, 5.41) is 11.0. The first-order valence-corrected chi connectivity index (χ1v) is 70.4. The fourth-order valence-electron chi connectivity index (χ4n) is 14.5. The van der Waals surface area contributed by atoms with Crippen molar-refractivity contribution in [3.05, 3.63) is 27.0 Å². The molecule has 6 rings (SSSR count). The van der Waals surface area contributed by atoms with E-state index in [0.717, 1.165) is 142 Å². The van der Waals surface area contributed by atoms with E-state index in [4.69, 9.17) is 40.2 Å². The summed E-state index contributed by atoms with van der Waals surface area (Å²) in [6, 6.07) is 0. The maximum absolute atomic E-state index is 6.21. The molecule has 0 aromatic carbocycles. The summed E-state index contributed by atoms with van der Waals surface area (Å²) in [5.41, 5.74) is 0. The average molecular weight is 1690 g/mol. The Labute approximate surface area is 793 Å². The molecule has 0 heterocycles. The average Bonchev–Trinajstić information content (AvgIpc) is 1.72. The van der Waals surface area contributed by atoms with E-state index in [-0.39, 0.29) is 174 Å². The van der Waals surface area contributed by atoms with Crippen LogP contribution in [-0.2, 0) is 0 Å². The van der Waals surface area contributed by atoms with Gasteiger partial charge in [0.05, 0.1) is 0 Å². The molecule has 602 valence electrons. The molecular formula is C88H196Al8Cl4K2. The summed E-state index contributed by atoms with van der Waals surface area (Å²) in [4.78, 5) is 0. The van der Waals surface area contributed by atoms with Crippen molar-refractivity contribution in [2.75, 3.05) is 0 Å². The molecule has 6 aliphatic rings. The zero-order valence-electron chi connectivity index (χ0n) is 80.5. The second-order valence-corrected chi connectivity index (χ2v) is 69.3. The van der Waals surface area contributed by atoms with Crippen molar-refractivity contribution in [1.29, 1.82) is 0 Å². The van der Waals surface area contributed by atoms with Crippen molar-refractivity contribution in [2.45, 2.75) is 385 Å². The van der Waals surface area contributed by atoms with Gasteiger partial charge in [0.1, 0.15) is 0 Å². The zero-order chi connectivity index (χ0) is 79.2. The van der Waals surface area contributed by atoms with Crippen molar-refractivity contribution in [2.24, 2.45) is 142 Å². The van der Waals surface area contributed by atoms with Crippen LogP contribution in [0.15, 0.2) is 12.2 Å². The summed E-state index contributed by atoms with van der Waals surface area (Å²) in [7, 11) is 22.8. The van der Waals surface area contributed by atoms with Gasteiger partial charge in [0.25, 0.3) is 56.6 Å². The molecule has 0 unspecified atom stereocenters. The first kappa shape index (κ1) is 136. The van der Waals surface area contributed by atoms with Gasteiger partial charge in [-0.2, -0.15) is 0 Å². The van der Waals surface area contributed by atoms with Gasteiger partial charge in [-0.15, -0.1) is 46.3 Å². The minimum atomic E-state index is -0.846. The largest absolute Gasteiger partial charge is 1.00 e. The van der Waals surface area contributed by atoms with Gasteiger partial charge in [-0.05, 0) is 138 Å². The van der Waals surface area contributed by atoms with Gasteiger partial charge >= 0.3 is 156 Å². The van der Waals surface area contributed by atoms with E-state index in [0.29, 0.717) is 0 Å². The Morgan fingerprint density at radius 2 is 0.392 bits per heavy atom. The fourth-order valence-corrected chi connectivity index (χ4v) is 23.4. The Balaban J connectivity index is -0.0000000864. The monoisotopic (exact) mass is 1690 g/mol. The van der Waals surface area contributed by atoms with Crippen LogP contribution in [0.1, 0.15) is 273 Å². The van der Waals surface area contributed by atoms with Gasteiger partial charge in [0.2, 0.25) is 0 Å². The molecule has 5 fully saturated rings. The molecule has 0 saturated heterocycles. The zero-order valence-corrected chi connectivity index (χ0v) is 99.0. The van der Waals surface area contributed by atoms with Crippen LogP contribution in [0.3, 0.4) is 0 Å². The van der Waals surface area contributed by atoms with Gasteiger partial charge in [-0.25, -0.2) is 0 Å². The van der Waals surface area contributed by atoms with Crippen molar-refractivity contribution in [3.63, 3.8) is 0 Å². The van der Waals surface area contributed by atoms with Gasteiger partial charge < -0.3 is 14.9 Å². The molecular weight excluding hydrogens is 1490 g/mol. The molecule has 0 N–H and O–H groups in total. The van der Waals surface area contributed by atoms with Crippen LogP contribution in [0.4, 0.5) is 0 Å². The third-order valence-electron chi connectivity index (χ3n) is 24.2. The number of hydrogen-bond acceptors (Lipinski definition) is 0. The molecule has 6 aliphatic carbocycles. The predicted molar refractivity (Wildman–Crippen MR) is 503 cm³/mol. The Kier molecular flexibility index (Phi) is 115. The van der Waals surface area contributed by atoms with Gasteiger partial charge in [-0.3, -0.25) is 40.2 Å². The summed E-state index contributed by atoms with van der Waals surface area (Å²) in [5.74, 6) is 49.2. The molecule has 14 heteroatoms. The first-order valence-electron chi connectivity index (χ1n) is 43.0. The molecule has 0 bridgehead atoms. The number of halogens is 4. The summed E-state index contributed by atoms with van der Waals surface area (Å²) < 4.78 is 0. The molecule has 5 saturated carbocycles. The van der Waals surface area contributed by atoms with Crippen LogP contribution in [-0.4, -0.2) is 110 Å². The SMILES string of the molecule is C1=CCCC1.C1CCCC1.CC(C)[CH2][Al]([CH3])[CH2]C(C)C.CC(C)[CH2][Al]([Cl])[CH2]C(C)C.CC1C(C)C(C)C(C)C1C.CC1C(C)C(C)C(C)C1C.CC1C(C)C(C)C(C)C1C.CC1C(C)C(C)C(C)C1C.C[CH2][Al]([CH3])[CH2]C.C[CH2][Al]([Cl])[CH2]C.[CH3-].[CH3-].[CH3][Al]([CH3])[CH3].[CH3][Al]([CH3])[CH3].[CH3][Al]([CH3])[Cl].[CH3][Al]([CH3])[Cl].[K+].[K+].